The summed E-state index contributed by atoms with van der Waals surface area (Å²) in [6, 6.07) is 2.83. The van der Waals surface area contributed by atoms with E-state index in [-0.39, 0.29) is 30.1 Å². The van der Waals surface area contributed by atoms with Gasteiger partial charge in [0.2, 0.25) is 5.91 Å². The Morgan fingerprint density at radius 3 is 2.42 bits per heavy atom. The van der Waals surface area contributed by atoms with Crippen LogP contribution in [0.2, 0.25) is 0 Å². The van der Waals surface area contributed by atoms with Crippen molar-refractivity contribution in [3.8, 4) is 5.75 Å². The second-order valence-electron chi connectivity index (χ2n) is 5.86. The molecule has 0 aliphatic carbocycles. The molecule has 0 aliphatic rings. The van der Waals surface area contributed by atoms with Crippen LogP contribution in [0.1, 0.15) is 43.5 Å². The van der Waals surface area contributed by atoms with Crippen molar-refractivity contribution >= 4 is 17.7 Å². The number of carbonyl (C=O) groups is 3. The summed E-state index contributed by atoms with van der Waals surface area (Å²) in [5, 5.41) is 11.5. The van der Waals surface area contributed by atoms with Crippen LogP contribution in [0.25, 0.3) is 0 Å². The molecule has 24 heavy (non-hydrogen) atoms. The van der Waals surface area contributed by atoms with E-state index in [0.29, 0.717) is 6.42 Å². The van der Waals surface area contributed by atoms with Crippen molar-refractivity contribution in [3.05, 3.63) is 29.6 Å². The Bertz CT molecular complexity index is 615. The maximum atomic E-state index is 13.6. The van der Waals surface area contributed by atoms with E-state index in [9.17, 15) is 18.8 Å². The second-order valence-corrected chi connectivity index (χ2v) is 5.86. The van der Waals surface area contributed by atoms with Crippen molar-refractivity contribution in [1.82, 2.24) is 5.32 Å². The van der Waals surface area contributed by atoms with Crippen LogP contribution < -0.4 is 10.1 Å². The second kappa shape index (κ2) is 9.00. The Morgan fingerprint density at radius 2 is 1.92 bits per heavy atom. The number of hydrogen-bond acceptors (Lipinski definition) is 4. The molecule has 1 amide bonds. The van der Waals surface area contributed by atoms with E-state index in [2.05, 4.69) is 5.32 Å². The zero-order valence-corrected chi connectivity index (χ0v) is 14.0. The summed E-state index contributed by atoms with van der Waals surface area (Å²) in [6.07, 6.45) is 0.0126. The third-order valence-electron chi connectivity index (χ3n) is 3.39. The van der Waals surface area contributed by atoms with Crippen LogP contribution in [0, 0.1) is 11.7 Å². The predicted octanol–water partition coefficient (Wildman–Crippen LogP) is 2.41. The summed E-state index contributed by atoms with van der Waals surface area (Å²) >= 11 is 0. The molecule has 1 unspecified atom stereocenters. The predicted molar refractivity (Wildman–Crippen MR) is 85.5 cm³/mol. The first-order chi connectivity index (χ1) is 11.2. The minimum Gasteiger partial charge on any atom is -0.494 e. The molecule has 132 valence electrons. The highest BCUT2D eigenvalue weighted by atomic mass is 19.1. The summed E-state index contributed by atoms with van der Waals surface area (Å²) in [7, 11) is 1.32. The molecule has 1 atom stereocenters. The molecule has 0 saturated carbocycles. The van der Waals surface area contributed by atoms with Gasteiger partial charge in [0.05, 0.1) is 7.11 Å². The molecule has 0 fully saturated rings. The Labute approximate surface area is 140 Å². The molecule has 1 aromatic rings. The lowest BCUT2D eigenvalue weighted by Gasteiger charge is -2.16. The lowest BCUT2D eigenvalue weighted by molar-refractivity contribution is -0.142. The number of hydrogen-bond donors (Lipinski definition) is 2. The average Bonchev–Trinajstić information content (AvgIpc) is 2.51. The SMILES string of the molecule is COc1ccc(C(=O)CCC(=O)NC(CC(C)C)C(=O)O)cc1F. The molecule has 2 N–H and O–H groups in total. The van der Waals surface area contributed by atoms with Crippen molar-refractivity contribution in [3.63, 3.8) is 0 Å². The molecule has 0 aromatic heterocycles. The van der Waals surface area contributed by atoms with Crippen LogP contribution in [0.4, 0.5) is 4.39 Å². The zero-order valence-electron chi connectivity index (χ0n) is 14.0. The maximum Gasteiger partial charge on any atom is 0.326 e. The Hall–Kier alpha value is -2.44. The van der Waals surface area contributed by atoms with Crippen LogP contribution in [-0.4, -0.2) is 35.9 Å². The third-order valence-corrected chi connectivity index (χ3v) is 3.39. The Balaban J connectivity index is 2.58. The maximum absolute atomic E-state index is 13.6. The summed E-state index contributed by atoms with van der Waals surface area (Å²) in [4.78, 5) is 34.9. The minimum atomic E-state index is -1.11. The monoisotopic (exact) mass is 339 g/mol. The number of aliphatic carboxylic acids is 1. The number of amides is 1. The normalized spacial score (nSPS) is 11.9. The van der Waals surface area contributed by atoms with Gasteiger partial charge in [-0.15, -0.1) is 0 Å². The van der Waals surface area contributed by atoms with E-state index in [4.69, 9.17) is 9.84 Å². The molecule has 0 aliphatic heterocycles. The van der Waals surface area contributed by atoms with Gasteiger partial charge in [0.1, 0.15) is 6.04 Å². The van der Waals surface area contributed by atoms with Gasteiger partial charge in [-0.3, -0.25) is 9.59 Å². The molecule has 6 nitrogen and oxygen atoms in total. The number of halogens is 1. The number of carboxylic acid groups (broad SMARTS) is 1. The van der Waals surface area contributed by atoms with Crippen molar-refractivity contribution < 1.29 is 28.6 Å². The van der Waals surface area contributed by atoms with Gasteiger partial charge in [0, 0.05) is 18.4 Å². The number of methoxy groups -OCH3 is 1. The molecule has 0 saturated heterocycles. The first-order valence-electron chi connectivity index (χ1n) is 7.63. The molecule has 1 aromatic carbocycles. The van der Waals surface area contributed by atoms with E-state index >= 15 is 0 Å². The van der Waals surface area contributed by atoms with E-state index < -0.39 is 29.5 Å². The number of ether oxygens (including phenoxy) is 1. The third kappa shape index (κ3) is 5.98. The highest BCUT2D eigenvalue weighted by Gasteiger charge is 2.21. The van der Waals surface area contributed by atoms with Crippen LogP contribution in [0.5, 0.6) is 5.75 Å². The Kier molecular flexibility index (Phi) is 7.35. The molecule has 7 heteroatoms. The van der Waals surface area contributed by atoms with Crippen LogP contribution in [0.15, 0.2) is 18.2 Å². The molecule has 0 radical (unpaired) electrons. The fourth-order valence-electron chi connectivity index (χ4n) is 2.17. The van der Waals surface area contributed by atoms with Gasteiger partial charge in [-0.05, 0) is 30.5 Å². The van der Waals surface area contributed by atoms with Crippen molar-refractivity contribution in [2.24, 2.45) is 5.92 Å². The lowest BCUT2D eigenvalue weighted by Crippen LogP contribution is -2.41. The number of rotatable bonds is 9. The smallest absolute Gasteiger partial charge is 0.326 e. The van der Waals surface area contributed by atoms with Crippen molar-refractivity contribution in [2.45, 2.75) is 39.2 Å². The molecule has 1 rings (SSSR count). The first-order valence-corrected chi connectivity index (χ1v) is 7.63. The van der Waals surface area contributed by atoms with Crippen LogP contribution in [0.3, 0.4) is 0 Å². The number of ketones is 1. The highest BCUT2D eigenvalue weighted by molar-refractivity contribution is 5.98. The molecular weight excluding hydrogens is 317 g/mol. The minimum absolute atomic E-state index is 0.0299. The van der Waals surface area contributed by atoms with Gasteiger partial charge in [0.25, 0.3) is 0 Å². The number of carboxylic acids is 1. The van der Waals surface area contributed by atoms with E-state index in [0.717, 1.165) is 6.07 Å². The van der Waals surface area contributed by atoms with E-state index in [1.54, 1.807) is 0 Å². The van der Waals surface area contributed by atoms with Gasteiger partial charge < -0.3 is 15.2 Å². The number of benzene rings is 1. The van der Waals surface area contributed by atoms with Crippen LogP contribution >= 0.6 is 0 Å². The summed E-state index contributed by atoms with van der Waals surface area (Å²) in [5.74, 6) is -2.55. The summed E-state index contributed by atoms with van der Waals surface area (Å²) < 4.78 is 18.3. The average molecular weight is 339 g/mol. The molecule has 0 spiro atoms. The molecular formula is C17H22FNO5. The van der Waals surface area contributed by atoms with E-state index in [1.165, 1.54) is 19.2 Å². The fourth-order valence-corrected chi connectivity index (χ4v) is 2.17. The zero-order chi connectivity index (χ0) is 18.3. The van der Waals surface area contributed by atoms with Gasteiger partial charge in [-0.25, -0.2) is 9.18 Å². The van der Waals surface area contributed by atoms with Gasteiger partial charge in [-0.1, -0.05) is 13.8 Å². The van der Waals surface area contributed by atoms with Gasteiger partial charge in [0.15, 0.2) is 17.3 Å². The van der Waals surface area contributed by atoms with E-state index in [1.807, 2.05) is 13.8 Å². The Morgan fingerprint density at radius 1 is 1.25 bits per heavy atom. The summed E-state index contributed by atoms with van der Waals surface area (Å²) in [5.41, 5.74) is 0.137. The van der Waals surface area contributed by atoms with Gasteiger partial charge in [-0.2, -0.15) is 0 Å². The number of carbonyl (C=O) groups excluding carboxylic acids is 2. The largest absolute Gasteiger partial charge is 0.494 e. The first kappa shape index (κ1) is 19.6. The fraction of sp³-hybridized carbons (Fsp3) is 0.471. The number of nitrogens with one attached hydrogen (secondary N) is 1. The molecule has 0 bridgehead atoms. The molecule has 0 heterocycles. The number of Topliss-reactive ketones (excluding diaryl/α,β-unsaturated/α-hetero) is 1. The van der Waals surface area contributed by atoms with Gasteiger partial charge >= 0.3 is 5.97 Å². The van der Waals surface area contributed by atoms with Crippen LogP contribution in [-0.2, 0) is 9.59 Å². The highest BCUT2D eigenvalue weighted by Crippen LogP contribution is 2.19. The lowest BCUT2D eigenvalue weighted by atomic mass is 10.0. The van der Waals surface area contributed by atoms with Crippen molar-refractivity contribution in [1.29, 1.82) is 0 Å². The topological polar surface area (TPSA) is 92.7 Å². The summed E-state index contributed by atoms with van der Waals surface area (Å²) in [6.45, 7) is 3.70. The standard InChI is InChI=1S/C17H22FNO5/c1-10(2)8-13(17(22)23)19-16(21)7-5-14(20)11-4-6-15(24-3)12(18)9-11/h4,6,9-10,13H,5,7-8H2,1-3H3,(H,19,21)(H,22,23). The van der Waals surface area contributed by atoms with Crippen molar-refractivity contribution in [2.75, 3.05) is 7.11 Å². The quantitative estimate of drug-likeness (QED) is 0.674.